The average Bonchev–Trinajstić information content (AvgIpc) is 2.98. The van der Waals surface area contributed by atoms with Crippen molar-refractivity contribution in [3.8, 4) is 11.3 Å². The van der Waals surface area contributed by atoms with Crippen LogP contribution in [0, 0.1) is 10.8 Å². The highest BCUT2D eigenvalue weighted by Crippen LogP contribution is 2.68. The number of piperidine rings is 1. The van der Waals surface area contributed by atoms with E-state index in [4.69, 9.17) is 16.1 Å². The third kappa shape index (κ3) is 3.36. The molecule has 2 heterocycles. The summed E-state index contributed by atoms with van der Waals surface area (Å²) < 4.78 is 5.36. The molecule has 1 unspecified atom stereocenters. The minimum atomic E-state index is -0.242. The Morgan fingerprint density at radius 1 is 1.31 bits per heavy atom. The summed E-state index contributed by atoms with van der Waals surface area (Å²) in [5.74, 6) is 0.778. The van der Waals surface area contributed by atoms with Gasteiger partial charge >= 0.3 is 0 Å². The van der Waals surface area contributed by atoms with Gasteiger partial charge in [0.1, 0.15) is 5.69 Å². The fraction of sp³-hybridized carbons (Fsp3) is 0.474. The lowest BCUT2D eigenvalue weighted by atomic mass is 9.85. The van der Waals surface area contributed by atoms with Crippen molar-refractivity contribution in [1.29, 1.82) is 0 Å². The molecule has 1 amide bonds. The van der Waals surface area contributed by atoms with Crippen LogP contribution in [0.4, 0.5) is 0 Å². The number of hydrogen-bond acceptors (Lipinski definition) is 4. The zero-order chi connectivity index (χ0) is 17.5. The van der Waals surface area contributed by atoms with Crippen LogP contribution in [-0.2, 0) is 11.3 Å². The van der Waals surface area contributed by atoms with Crippen molar-refractivity contribution in [3.05, 3.63) is 41.1 Å². The standard InChI is InChI=1S/C19H22ClN3O2.ClH/c1-18(12-19(18)6-8-21-9-7-19)17(24)22-11-15-10-16(23-25-15)13-2-4-14(20)5-3-13;/h2-5,10,21H,6-9,11-12H2,1H3,(H,22,24);1H. The first-order valence-electron chi connectivity index (χ1n) is 8.73. The minimum absolute atomic E-state index is 0. The quantitative estimate of drug-likeness (QED) is 0.825. The van der Waals surface area contributed by atoms with Crippen LogP contribution >= 0.6 is 24.0 Å². The number of rotatable bonds is 4. The number of hydrogen-bond donors (Lipinski definition) is 2. The van der Waals surface area contributed by atoms with E-state index in [2.05, 4.69) is 22.7 Å². The molecule has 1 aliphatic carbocycles. The molecule has 2 aromatic rings. The van der Waals surface area contributed by atoms with Gasteiger partial charge in [-0.2, -0.15) is 0 Å². The highest BCUT2D eigenvalue weighted by atomic mass is 35.5. The van der Waals surface area contributed by atoms with E-state index in [0.717, 1.165) is 43.6 Å². The van der Waals surface area contributed by atoms with Gasteiger partial charge in [0.15, 0.2) is 5.76 Å². The lowest BCUT2D eigenvalue weighted by Crippen LogP contribution is -2.38. The van der Waals surface area contributed by atoms with Gasteiger partial charge in [-0.1, -0.05) is 35.8 Å². The summed E-state index contributed by atoms with van der Waals surface area (Å²) in [5.41, 5.74) is 1.63. The molecule has 7 heteroatoms. The molecular weight excluding hydrogens is 373 g/mol. The fourth-order valence-electron chi connectivity index (χ4n) is 4.10. The van der Waals surface area contributed by atoms with Gasteiger partial charge in [0.25, 0.3) is 0 Å². The van der Waals surface area contributed by atoms with Crippen molar-refractivity contribution in [2.45, 2.75) is 32.7 Å². The van der Waals surface area contributed by atoms with E-state index in [0.29, 0.717) is 17.3 Å². The largest absolute Gasteiger partial charge is 0.359 e. The number of benzene rings is 1. The molecule has 140 valence electrons. The Bertz CT molecular complexity index is 784. The average molecular weight is 396 g/mol. The van der Waals surface area contributed by atoms with E-state index >= 15 is 0 Å². The summed E-state index contributed by atoms with van der Waals surface area (Å²) in [5, 5.41) is 11.2. The summed E-state index contributed by atoms with van der Waals surface area (Å²) in [6.45, 7) is 4.47. The number of carbonyl (C=O) groups excluding carboxylic acids is 1. The molecule has 0 radical (unpaired) electrons. The summed E-state index contributed by atoms with van der Waals surface area (Å²) in [6, 6.07) is 9.29. The zero-order valence-corrected chi connectivity index (χ0v) is 16.3. The van der Waals surface area contributed by atoms with Crippen LogP contribution in [0.15, 0.2) is 34.9 Å². The first-order valence-corrected chi connectivity index (χ1v) is 9.11. The number of nitrogens with one attached hydrogen (secondary N) is 2. The first kappa shape index (κ1) is 19.2. The summed E-state index contributed by atoms with van der Waals surface area (Å²) >= 11 is 5.90. The second-order valence-electron chi connectivity index (χ2n) is 7.41. The molecule has 1 spiro atoms. The van der Waals surface area contributed by atoms with Crippen molar-refractivity contribution in [1.82, 2.24) is 15.8 Å². The van der Waals surface area contributed by atoms with E-state index in [1.54, 1.807) is 0 Å². The fourth-order valence-corrected chi connectivity index (χ4v) is 4.23. The number of carbonyl (C=O) groups is 1. The number of aromatic nitrogens is 1. The molecule has 1 saturated heterocycles. The van der Waals surface area contributed by atoms with Crippen molar-refractivity contribution >= 4 is 29.9 Å². The van der Waals surface area contributed by atoms with E-state index in [1.807, 2.05) is 30.3 Å². The monoisotopic (exact) mass is 395 g/mol. The van der Waals surface area contributed by atoms with Crippen LogP contribution in [0.1, 0.15) is 31.9 Å². The second kappa shape index (κ2) is 7.22. The topological polar surface area (TPSA) is 67.2 Å². The van der Waals surface area contributed by atoms with E-state index in [1.165, 1.54) is 0 Å². The van der Waals surface area contributed by atoms with Gasteiger partial charge in [-0.15, -0.1) is 12.4 Å². The van der Waals surface area contributed by atoms with E-state index in [9.17, 15) is 4.79 Å². The molecule has 2 aliphatic rings. The predicted octanol–water partition coefficient (Wildman–Crippen LogP) is 3.81. The van der Waals surface area contributed by atoms with Crippen LogP contribution in [0.2, 0.25) is 5.02 Å². The molecule has 1 aliphatic heterocycles. The van der Waals surface area contributed by atoms with Crippen molar-refractivity contribution < 1.29 is 9.32 Å². The SMILES string of the molecule is CC1(C(=O)NCc2cc(-c3ccc(Cl)cc3)no2)CC12CCNCC2.Cl. The maximum Gasteiger partial charge on any atom is 0.226 e. The molecule has 0 bridgehead atoms. The van der Waals surface area contributed by atoms with Gasteiger partial charge in [-0.25, -0.2) is 0 Å². The van der Waals surface area contributed by atoms with Crippen molar-refractivity contribution in [2.75, 3.05) is 13.1 Å². The normalized spacial score (nSPS) is 23.3. The highest BCUT2D eigenvalue weighted by molar-refractivity contribution is 6.30. The minimum Gasteiger partial charge on any atom is -0.359 e. The molecule has 1 aromatic heterocycles. The number of nitrogens with zero attached hydrogens (tertiary/aromatic N) is 1. The summed E-state index contributed by atoms with van der Waals surface area (Å²) in [4.78, 5) is 12.7. The Kier molecular flexibility index (Phi) is 5.33. The van der Waals surface area contributed by atoms with E-state index < -0.39 is 0 Å². The smallest absolute Gasteiger partial charge is 0.226 e. The van der Waals surface area contributed by atoms with Gasteiger partial charge in [0.2, 0.25) is 5.91 Å². The van der Waals surface area contributed by atoms with Crippen LogP contribution in [0.25, 0.3) is 11.3 Å². The number of amides is 1. The second-order valence-corrected chi connectivity index (χ2v) is 7.84. The maximum absolute atomic E-state index is 12.7. The molecule has 1 atom stereocenters. The van der Waals surface area contributed by atoms with Gasteiger partial charge in [0.05, 0.1) is 12.0 Å². The Hall–Kier alpha value is -1.56. The molecule has 4 rings (SSSR count). The highest BCUT2D eigenvalue weighted by Gasteiger charge is 2.67. The Labute approximate surface area is 164 Å². The van der Waals surface area contributed by atoms with Crippen molar-refractivity contribution in [2.24, 2.45) is 10.8 Å². The van der Waals surface area contributed by atoms with Crippen LogP contribution in [-0.4, -0.2) is 24.2 Å². The third-order valence-electron chi connectivity index (χ3n) is 5.92. The summed E-state index contributed by atoms with van der Waals surface area (Å²) in [7, 11) is 0. The molecule has 2 N–H and O–H groups in total. The van der Waals surface area contributed by atoms with Crippen LogP contribution in [0.5, 0.6) is 0 Å². The van der Waals surface area contributed by atoms with Gasteiger partial charge in [0, 0.05) is 16.7 Å². The number of halogens is 2. The van der Waals surface area contributed by atoms with Gasteiger partial charge < -0.3 is 15.2 Å². The lowest BCUT2D eigenvalue weighted by Gasteiger charge is -2.27. The molecule has 5 nitrogen and oxygen atoms in total. The molecule has 26 heavy (non-hydrogen) atoms. The first-order chi connectivity index (χ1) is 12.0. The molecule has 1 saturated carbocycles. The zero-order valence-electron chi connectivity index (χ0n) is 14.7. The summed E-state index contributed by atoms with van der Waals surface area (Å²) in [6.07, 6.45) is 3.15. The molecule has 1 aromatic carbocycles. The Morgan fingerprint density at radius 3 is 2.69 bits per heavy atom. The van der Waals surface area contributed by atoms with Gasteiger partial charge in [-0.05, 0) is 49.9 Å². The maximum atomic E-state index is 12.7. The third-order valence-corrected chi connectivity index (χ3v) is 6.17. The Morgan fingerprint density at radius 2 is 2.00 bits per heavy atom. The molecule has 2 fully saturated rings. The van der Waals surface area contributed by atoms with Crippen LogP contribution in [0.3, 0.4) is 0 Å². The van der Waals surface area contributed by atoms with Crippen molar-refractivity contribution in [3.63, 3.8) is 0 Å². The lowest BCUT2D eigenvalue weighted by molar-refractivity contribution is -0.127. The van der Waals surface area contributed by atoms with Gasteiger partial charge in [-0.3, -0.25) is 4.79 Å². The predicted molar refractivity (Wildman–Crippen MR) is 103 cm³/mol. The molecular formula is C19H23Cl2N3O2. The van der Waals surface area contributed by atoms with E-state index in [-0.39, 0.29) is 29.1 Å². The van der Waals surface area contributed by atoms with Crippen LogP contribution < -0.4 is 10.6 Å². The Balaban J connectivity index is 0.00000196.